The Kier molecular flexibility index (Phi) is 5.04. The zero-order chi connectivity index (χ0) is 18.2. The van der Waals surface area contributed by atoms with Crippen molar-refractivity contribution in [2.45, 2.75) is 37.9 Å². The monoisotopic (exact) mass is 367 g/mol. The van der Waals surface area contributed by atoms with Crippen LogP contribution in [0.15, 0.2) is 29.2 Å². The molecule has 1 aromatic carbocycles. The summed E-state index contributed by atoms with van der Waals surface area (Å²) in [7, 11) is -3.64. The Hall–Kier alpha value is -1.64. The third-order valence-corrected chi connectivity index (χ3v) is 6.81. The average molecular weight is 367 g/mol. The average Bonchev–Trinajstić information content (AvgIpc) is 2.90. The molecule has 0 aromatic heterocycles. The van der Waals surface area contributed by atoms with E-state index in [1.807, 2.05) is 13.8 Å². The van der Waals surface area contributed by atoms with Crippen LogP contribution in [0.5, 0.6) is 0 Å². The van der Waals surface area contributed by atoms with Crippen molar-refractivity contribution in [1.29, 1.82) is 0 Å². The summed E-state index contributed by atoms with van der Waals surface area (Å²) in [4.78, 5) is 16.5. The number of rotatable bonds is 2. The van der Waals surface area contributed by atoms with Gasteiger partial charge in [0.2, 0.25) is 10.0 Å². The minimum Gasteiger partial charge on any atom is -0.378 e. The van der Waals surface area contributed by atoms with E-state index < -0.39 is 16.2 Å². The molecule has 0 N–H and O–H groups in total. The molecule has 2 saturated heterocycles. The topological polar surface area (TPSA) is 70.2 Å². The summed E-state index contributed by atoms with van der Waals surface area (Å²) in [5.74, 6) is 0. The number of hydrogen-bond acceptors (Lipinski definition) is 4. The van der Waals surface area contributed by atoms with Gasteiger partial charge in [-0.2, -0.15) is 4.31 Å². The van der Waals surface area contributed by atoms with Crippen LogP contribution < -0.4 is 0 Å². The molecule has 0 aliphatic carbocycles. The van der Waals surface area contributed by atoms with Gasteiger partial charge in [-0.3, -0.25) is 0 Å². The molecule has 0 saturated carbocycles. The smallest absolute Gasteiger partial charge is 0.321 e. The summed E-state index contributed by atoms with van der Waals surface area (Å²) < 4.78 is 32.7. The number of carbonyl (C=O) groups is 1. The molecule has 0 spiro atoms. The number of urea groups is 1. The molecule has 138 valence electrons. The first-order valence-corrected chi connectivity index (χ1v) is 10.00. The van der Waals surface area contributed by atoms with Crippen LogP contribution in [0.3, 0.4) is 0 Å². The Morgan fingerprint density at radius 3 is 2.32 bits per heavy atom. The van der Waals surface area contributed by atoms with Crippen LogP contribution in [0, 0.1) is 6.92 Å². The number of aryl methyl sites for hydroxylation is 1. The van der Waals surface area contributed by atoms with Crippen LogP contribution in [0.2, 0.25) is 0 Å². The number of carbonyl (C=O) groups excluding carboxylic acids is 1. The fraction of sp³-hybridized carbons (Fsp3) is 0.588. The fourth-order valence-electron chi connectivity index (χ4n) is 3.42. The van der Waals surface area contributed by atoms with Gasteiger partial charge in [0, 0.05) is 25.7 Å². The summed E-state index contributed by atoms with van der Waals surface area (Å²) in [6.45, 7) is 8.00. The molecule has 0 bridgehead atoms. The lowest BCUT2D eigenvalue weighted by Crippen LogP contribution is -2.52. The highest BCUT2D eigenvalue weighted by Crippen LogP contribution is 2.28. The Labute approximate surface area is 149 Å². The van der Waals surface area contributed by atoms with E-state index in [1.165, 1.54) is 4.31 Å². The predicted molar refractivity (Wildman–Crippen MR) is 93.6 cm³/mol. The quantitative estimate of drug-likeness (QED) is 0.794. The van der Waals surface area contributed by atoms with E-state index in [0.717, 1.165) is 5.56 Å². The van der Waals surface area contributed by atoms with Crippen molar-refractivity contribution in [3.8, 4) is 0 Å². The van der Waals surface area contributed by atoms with Crippen molar-refractivity contribution < 1.29 is 17.9 Å². The highest BCUT2D eigenvalue weighted by atomic mass is 32.2. The first-order chi connectivity index (χ1) is 11.8. The summed E-state index contributed by atoms with van der Waals surface area (Å²) in [6.07, 6.45) is -0.517. The maximum Gasteiger partial charge on any atom is 0.321 e. The first-order valence-electron chi connectivity index (χ1n) is 8.56. The predicted octanol–water partition coefficient (Wildman–Crippen LogP) is 1.49. The Bertz CT molecular complexity index is 729. The van der Waals surface area contributed by atoms with Gasteiger partial charge in [0.05, 0.1) is 24.3 Å². The second-order valence-corrected chi connectivity index (χ2v) is 8.55. The highest BCUT2D eigenvalue weighted by Gasteiger charge is 2.45. The van der Waals surface area contributed by atoms with E-state index >= 15 is 0 Å². The SMILES string of the molecule is Cc1ccc(S(=O)(=O)N2C[C@H](C)N(C(=O)N3CCOCC3)[C@H]2C)cc1. The van der Waals surface area contributed by atoms with Crippen molar-refractivity contribution >= 4 is 16.1 Å². The van der Waals surface area contributed by atoms with Crippen LogP contribution >= 0.6 is 0 Å². The van der Waals surface area contributed by atoms with Gasteiger partial charge < -0.3 is 14.5 Å². The normalized spacial score (nSPS) is 25.4. The van der Waals surface area contributed by atoms with E-state index in [-0.39, 0.29) is 17.0 Å². The molecule has 2 heterocycles. The summed E-state index contributed by atoms with van der Waals surface area (Å²) in [6, 6.07) is 6.51. The van der Waals surface area contributed by atoms with E-state index in [0.29, 0.717) is 32.8 Å². The van der Waals surface area contributed by atoms with Crippen molar-refractivity contribution in [2.24, 2.45) is 0 Å². The molecule has 1 aromatic rings. The van der Waals surface area contributed by atoms with Crippen LogP contribution in [-0.4, -0.2) is 73.6 Å². The van der Waals surface area contributed by atoms with Gasteiger partial charge in [0.25, 0.3) is 0 Å². The number of hydrogen-bond donors (Lipinski definition) is 0. The number of nitrogens with zero attached hydrogens (tertiary/aromatic N) is 3. The fourth-order valence-corrected chi connectivity index (χ4v) is 5.08. The van der Waals surface area contributed by atoms with Gasteiger partial charge in [0.15, 0.2) is 0 Å². The third-order valence-electron chi connectivity index (χ3n) is 4.87. The van der Waals surface area contributed by atoms with Gasteiger partial charge in [-0.05, 0) is 32.9 Å². The largest absolute Gasteiger partial charge is 0.378 e. The minimum atomic E-state index is -3.64. The zero-order valence-corrected chi connectivity index (χ0v) is 15.7. The van der Waals surface area contributed by atoms with E-state index in [9.17, 15) is 13.2 Å². The molecule has 2 fully saturated rings. The van der Waals surface area contributed by atoms with Gasteiger partial charge >= 0.3 is 6.03 Å². The molecule has 2 aliphatic rings. The summed E-state index contributed by atoms with van der Waals surface area (Å²) >= 11 is 0. The molecule has 8 heteroatoms. The number of ether oxygens (including phenoxy) is 1. The Balaban J connectivity index is 1.82. The molecule has 2 atom stereocenters. The van der Waals surface area contributed by atoms with Crippen molar-refractivity contribution in [3.05, 3.63) is 29.8 Å². The van der Waals surface area contributed by atoms with Crippen LogP contribution in [0.25, 0.3) is 0 Å². The van der Waals surface area contributed by atoms with Crippen molar-refractivity contribution in [2.75, 3.05) is 32.8 Å². The molecule has 7 nitrogen and oxygen atoms in total. The molecule has 25 heavy (non-hydrogen) atoms. The maximum absolute atomic E-state index is 13.0. The molecular formula is C17H25N3O4S. The van der Waals surface area contributed by atoms with Gasteiger partial charge in [-0.25, -0.2) is 13.2 Å². The number of benzene rings is 1. The maximum atomic E-state index is 13.0. The highest BCUT2D eigenvalue weighted by molar-refractivity contribution is 7.89. The number of sulfonamides is 1. The molecule has 3 rings (SSSR count). The van der Waals surface area contributed by atoms with E-state index in [1.54, 1.807) is 41.0 Å². The molecule has 0 radical (unpaired) electrons. The zero-order valence-electron chi connectivity index (χ0n) is 14.9. The lowest BCUT2D eigenvalue weighted by atomic mass is 10.2. The van der Waals surface area contributed by atoms with Crippen LogP contribution in [0.1, 0.15) is 19.4 Å². The number of morpholine rings is 1. The standard InChI is InChI=1S/C17H25N3O4S/c1-13-4-6-16(7-5-13)25(22,23)19-12-14(2)20(15(19)3)17(21)18-8-10-24-11-9-18/h4-7,14-15H,8-12H2,1-3H3/t14-,15-/m0/s1. The third kappa shape index (κ3) is 3.38. The lowest BCUT2D eigenvalue weighted by Gasteiger charge is -2.35. The minimum absolute atomic E-state index is 0.120. The summed E-state index contributed by atoms with van der Waals surface area (Å²) in [5.41, 5.74) is 1.01. The van der Waals surface area contributed by atoms with E-state index in [2.05, 4.69) is 0 Å². The molecule has 2 amide bonds. The second kappa shape index (κ2) is 6.93. The lowest BCUT2D eigenvalue weighted by molar-refractivity contribution is 0.0382. The number of amides is 2. The van der Waals surface area contributed by atoms with Crippen molar-refractivity contribution in [3.63, 3.8) is 0 Å². The van der Waals surface area contributed by atoms with Crippen molar-refractivity contribution in [1.82, 2.24) is 14.1 Å². The Morgan fingerprint density at radius 1 is 1.12 bits per heavy atom. The van der Waals surface area contributed by atoms with Crippen LogP contribution in [0.4, 0.5) is 4.79 Å². The molecule has 2 aliphatic heterocycles. The molecule has 0 unspecified atom stereocenters. The van der Waals surface area contributed by atoms with Crippen LogP contribution in [-0.2, 0) is 14.8 Å². The van der Waals surface area contributed by atoms with Gasteiger partial charge in [0.1, 0.15) is 0 Å². The van der Waals surface area contributed by atoms with E-state index in [4.69, 9.17) is 4.74 Å². The summed E-state index contributed by atoms with van der Waals surface area (Å²) in [5, 5.41) is 0. The van der Waals surface area contributed by atoms with Gasteiger partial charge in [-0.1, -0.05) is 17.7 Å². The van der Waals surface area contributed by atoms with Gasteiger partial charge in [-0.15, -0.1) is 0 Å². The first kappa shape index (κ1) is 18.2. The molecular weight excluding hydrogens is 342 g/mol. The Morgan fingerprint density at radius 2 is 1.72 bits per heavy atom. The second-order valence-electron chi connectivity index (χ2n) is 6.66.